The summed E-state index contributed by atoms with van der Waals surface area (Å²) >= 11 is 3.25. The molecule has 0 bridgehead atoms. The molecule has 0 radical (unpaired) electrons. The molecule has 0 aromatic carbocycles. The molecule has 0 spiro atoms. The van der Waals surface area contributed by atoms with E-state index in [4.69, 9.17) is 0 Å². The van der Waals surface area contributed by atoms with Crippen molar-refractivity contribution in [2.75, 3.05) is 7.05 Å². The van der Waals surface area contributed by atoms with E-state index in [0.29, 0.717) is 0 Å². The molecule has 0 aromatic heterocycles. The molecule has 0 fully saturated rings. The van der Waals surface area contributed by atoms with Crippen molar-refractivity contribution in [3.63, 3.8) is 0 Å². The van der Waals surface area contributed by atoms with Crippen molar-refractivity contribution < 1.29 is 4.79 Å². The Morgan fingerprint density at radius 1 is 1.78 bits per heavy atom. The highest BCUT2D eigenvalue weighted by molar-refractivity contribution is 9.10. The monoisotopic (exact) mass is 193 g/mol. The first kappa shape index (κ1) is 8.95. The molecule has 54 valence electrons. The van der Waals surface area contributed by atoms with Gasteiger partial charge in [-0.15, -0.1) is 0 Å². The molecule has 2 nitrogen and oxygen atoms in total. The van der Waals surface area contributed by atoms with Gasteiger partial charge < -0.3 is 5.32 Å². The maximum Gasteiger partial charge on any atom is 0.233 e. The smallest absolute Gasteiger partial charge is 0.233 e. The number of amides is 1. The molecule has 0 aliphatic carbocycles. The second-order valence-electron chi connectivity index (χ2n) is 1.87. The third-order valence-electron chi connectivity index (χ3n) is 1.07. The molecule has 1 N–H and O–H groups in total. The van der Waals surface area contributed by atoms with Gasteiger partial charge in [-0.1, -0.05) is 29.3 Å². The van der Waals surface area contributed by atoms with Gasteiger partial charge in [-0.05, 0) is 6.42 Å². The highest BCUT2D eigenvalue weighted by Gasteiger charge is 2.09. The Morgan fingerprint density at radius 3 is 2.67 bits per heavy atom. The van der Waals surface area contributed by atoms with Crippen molar-refractivity contribution in [3.05, 3.63) is 0 Å². The molecule has 1 amide bonds. The van der Waals surface area contributed by atoms with Crippen molar-refractivity contribution >= 4 is 21.8 Å². The van der Waals surface area contributed by atoms with Crippen LogP contribution in [0.2, 0.25) is 0 Å². The molecule has 0 aliphatic rings. The Hall–Kier alpha value is -0.0500. The van der Waals surface area contributed by atoms with Crippen LogP contribution in [0.4, 0.5) is 0 Å². The minimum absolute atomic E-state index is 0.00694. The molecule has 0 saturated heterocycles. The van der Waals surface area contributed by atoms with Crippen molar-refractivity contribution in [2.24, 2.45) is 0 Å². The van der Waals surface area contributed by atoms with Crippen LogP contribution in [0.3, 0.4) is 0 Å². The predicted octanol–water partition coefficient (Wildman–Crippen LogP) is 1.30. The second-order valence-corrected chi connectivity index (χ2v) is 2.98. The lowest BCUT2D eigenvalue weighted by Gasteiger charge is -2.04. The second kappa shape index (κ2) is 4.79. The molecule has 1 atom stereocenters. The van der Waals surface area contributed by atoms with Crippen LogP contribution in [0.5, 0.6) is 0 Å². The average molecular weight is 194 g/mol. The summed E-state index contributed by atoms with van der Waals surface area (Å²) in [5.41, 5.74) is 0. The number of carbonyl (C=O) groups excluding carboxylic acids is 1. The third kappa shape index (κ3) is 3.51. The van der Waals surface area contributed by atoms with Crippen molar-refractivity contribution in [3.8, 4) is 0 Å². The summed E-state index contributed by atoms with van der Waals surface area (Å²) in [4.78, 5) is 10.7. The molecule has 0 aromatic rings. The van der Waals surface area contributed by atoms with Crippen LogP contribution in [0.25, 0.3) is 0 Å². The van der Waals surface area contributed by atoms with E-state index in [2.05, 4.69) is 28.2 Å². The van der Waals surface area contributed by atoms with Crippen LogP contribution in [0.15, 0.2) is 0 Å². The van der Waals surface area contributed by atoms with Crippen LogP contribution in [-0.4, -0.2) is 17.8 Å². The minimum atomic E-state index is -0.00694. The van der Waals surface area contributed by atoms with Crippen LogP contribution < -0.4 is 5.32 Å². The number of nitrogens with one attached hydrogen (secondary N) is 1. The average Bonchev–Trinajstić information content (AvgIpc) is 1.87. The fourth-order valence-electron chi connectivity index (χ4n) is 0.541. The third-order valence-corrected chi connectivity index (χ3v) is 1.95. The van der Waals surface area contributed by atoms with E-state index >= 15 is 0 Å². The standard InChI is InChI=1S/C6H12BrNO/c1-3-4-5(7)6(9)8-2/h5H,3-4H2,1-2H3,(H,8,9). The zero-order valence-electron chi connectivity index (χ0n) is 5.78. The molecular weight excluding hydrogens is 182 g/mol. The van der Waals surface area contributed by atoms with Crippen molar-refractivity contribution in [2.45, 2.75) is 24.6 Å². The normalized spacial score (nSPS) is 12.8. The lowest BCUT2D eigenvalue weighted by Crippen LogP contribution is -2.27. The number of halogens is 1. The van der Waals surface area contributed by atoms with E-state index in [-0.39, 0.29) is 10.7 Å². The molecule has 0 aliphatic heterocycles. The fraction of sp³-hybridized carbons (Fsp3) is 0.833. The van der Waals surface area contributed by atoms with Gasteiger partial charge in [0.25, 0.3) is 0 Å². The van der Waals surface area contributed by atoms with Crippen LogP contribution in [0, 0.1) is 0 Å². The van der Waals surface area contributed by atoms with Crippen molar-refractivity contribution in [1.82, 2.24) is 5.32 Å². The summed E-state index contributed by atoms with van der Waals surface area (Å²) in [7, 11) is 1.65. The van der Waals surface area contributed by atoms with Crippen LogP contribution in [0.1, 0.15) is 19.8 Å². The lowest BCUT2D eigenvalue weighted by atomic mass is 10.2. The lowest BCUT2D eigenvalue weighted by molar-refractivity contribution is -0.120. The van der Waals surface area contributed by atoms with Gasteiger partial charge in [0.2, 0.25) is 5.91 Å². The maximum absolute atomic E-state index is 10.7. The SMILES string of the molecule is CCCC(Br)C(=O)NC. The van der Waals surface area contributed by atoms with Gasteiger partial charge in [0, 0.05) is 7.05 Å². The first-order chi connectivity index (χ1) is 4.22. The molecule has 0 heterocycles. The van der Waals surface area contributed by atoms with E-state index in [0.717, 1.165) is 12.8 Å². The molecule has 3 heteroatoms. The van der Waals surface area contributed by atoms with Gasteiger partial charge in [-0.2, -0.15) is 0 Å². The van der Waals surface area contributed by atoms with Crippen molar-refractivity contribution in [1.29, 1.82) is 0 Å². The Kier molecular flexibility index (Phi) is 4.77. The van der Waals surface area contributed by atoms with Crippen LogP contribution >= 0.6 is 15.9 Å². The van der Waals surface area contributed by atoms with E-state index in [1.807, 2.05) is 0 Å². The van der Waals surface area contributed by atoms with Gasteiger partial charge in [0.15, 0.2) is 0 Å². The van der Waals surface area contributed by atoms with Gasteiger partial charge in [-0.25, -0.2) is 0 Å². The number of hydrogen-bond acceptors (Lipinski definition) is 1. The van der Waals surface area contributed by atoms with Crippen LogP contribution in [-0.2, 0) is 4.79 Å². The van der Waals surface area contributed by atoms with E-state index < -0.39 is 0 Å². The zero-order valence-corrected chi connectivity index (χ0v) is 7.36. The Bertz CT molecular complexity index is 95.1. The van der Waals surface area contributed by atoms with Gasteiger partial charge in [0.1, 0.15) is 0 Å². The molecular formula is C6H12BrNO. The number of carbonyl (C=O) groups is 1. The molecule has 0 saturated carbocycles. The first-order valence-corrected chi connectivity index (χ1v) is 3.99. The summed E-state index contributed by atoms with van der Waals surface area (Å²) in [6.07, 6.45) is 1.93. The van der Waals surface area contributed by atoms with Gasteiger partial charge in [-0.3, -0.25) is 4.79 Å². The van der Waals surface area contributed by atoms with E-state index in [1.54, 1.807) is 7.05 Å². The topological polar surface area (TPSA) is 29.1 Å². The minimum Gasteiger partial charge on any atom is -0.358 e. The Labute approximate surface area is 64.1 Å². The Morgan fingerprint density at radius 2 is 2.33 bits per heavy atom. The first-order valence-electron chi connectivity index (χ1n) is 3.08. The zero-order chi connectivity index (χ0) is 7.28. The largest absolute Gasteiger partial charge is 0.358 e. The number of hydrogen-bond donors (Lipinski definition) is 1. The van der Waals surface area contributed by atoms with E-state index in [1.165, 1.54) is 0 Å². The highest BCUT2D eigenvalue weighted by Crippen LogP contribution is 2.06. The summed E-state index contributed by atoms with van der Waals surface area (Å²) < 4.78 is 0. The van der Waals surface area contributed by atoms with E-state index in [9.17, 15) is 4.79 Å². The number of rotatable bonds is 3. The molecule has 9 heavy (non-hydrogen) atoms. The summed E-state index contributed by atoms with van der Waals surface area (Å²) in [6.45, 7) is 2.05. The maximum atomic E-state index is 10.7. The fourth-order valence-corrected chi connectivity index (χ4v) is 1.23. The number of alkyl halides is 1. The quantitative estimate of drug-likeness (QED) is 0.674. The predicted molar refractivity (Wildman–Crippen MR) is 41.7 cm³/mol. The summed E-state index contributed by atoms with van der Waals surface area (Å²) in [6, 6.07) is 0. The molecule has 0 rings (SSSR count). The van der Waals surface area contributed by atoms with Gasteiger partial charge >= 0.3 is 0 Å². The summed E-state index contributed by atoms with van der Waals surface area (Å²) in [5.74, 6) is 0.0665. The molecule has 1 unspecified atom stereocenters. The Balaban J connectivity index is 3.45. The summed E-state index contributed by atoms with van der Waals surface area (Å²) in [5, 5.41) is 2.56. The highest BCUT2D eigenvalue weighted by atomic mass is 79.9. The van der Waals surface area contributed by atoms with Gasteiger partial charge in [0.05, 0.1) is 4.83 Å².